The van der Waals surface area contributed by atoms with Crippen LogP contribution in [0.25, 0.3) is 0 Å². The summed E-state index contributed by atoms with van der Waals surface area (Å²) in [6, 6.07) is 18.7. The number of carbonyl (C=O) groups is 2. The van der Waals surface area contributed by atoms with Gasteiger partial charge in [-0.2, -0.15) is 0 Å². The van der Waals surface area contributed by atoms with Gasteiger partial charge in [0, 0.05) is 32.3 Å². The first-order chi connectivity index (χ1) is 17.1. The highest BCUT2D eigenvalue weighted by molar-refractivity contribution is 5.88. The van der Waals surface area contributed by atoms with Gasteiger partial charge in [-0.15, -0.1) is 0 Å². The monoisotopic (exact) mass is 482 g/mol. The van der Waals surface area contributed by atoms with Gasteiger partial charge in [0.2, 0.25) is 0 Å². The third-order valence-electron chi connectivity index (χ3n) is 7.07. The van der Waals surface area contributed by atoms with Gasteiger partial charge in [-0.05, 0) is 42.7 Å². The minimum absolute atomic E-state index is 0.0186. The Kier molecular flexibility index (Phi) is 8.90. The molecule has 0 aromatic heterocycles. The van der Waals surface area contributed by atoms with Crippen LogP contribution < -0.4 is 0 Å². The SMILES string of the molecule is O=C(OCc1ccccc1)C(C1CCOCC1)C(O)(C(=O)OCc1ccccc1)C1CCOCC1. The molecule has 4 rings (SSSR count). The number of rotatable bonds is 9. The first kappa shape index (κ1) is 25.4. The molecular formula is C28H34O7. The Morgan fingerprint density at radius 3 is 1.83 bits per heavy atom. The Labute approximate surface area is 206 Å². The molecule has 0 saturated carbocycles. The fourth-order valence-corrected chi connectivity index (χ4v) is 5.12. The lowest BCUT2D eigenvalue weighted by atomic mass is 9.67. The number of benzene rings is 2. The lowest BCUT2D eigenvalue weighted by Gasteiger charge is -2.44. The van der Waals surface area contributed by atoms with Crippen LogP contribution in [0.15, 0.2) is 60.7 Å². The molecule has 0 bridgehead atoms. The standard InChI is InChI=1S/C28H34O7/c29-26(34-19-21-7-3-1-4-8-21)25(23-11-15-32-16-12-23)28(31,24-13-17-33-18-14-24)27(30)35-20-22-9-5-2-6-10-22/h1-10,23-25,31H,11-20H2. The molecule has 7 nitrogen and oxygen atoms in total. The Morgan fingerprint density at radius 1 is 0.800 bits per heavy atom. The summed E-state index contributed by atoms with van der Waals surface area (Å²) >= 11 is 0. The van der Waals surface area contributed by atoms with Crippen LogP contribution in [0.1, 0.15) is 36.8 Å². The van der Waals surface area contributed by atoms with Crippen molar-refractivity contribution in [2.24, 2.45) is 17.8 Å². The van der Waals surface area contributed by atoms with E-state index in [1.54, 1.807) is 0 Å². The molecule has 2 saturated heterocycles. The van der Waals surface area contributed by atoms with Crippen LogP contribution in [0.3, 0.4) is 0 Å². The summed E-state index contributed by atoms with van der Waals surface area (Å²) in [5.41, 5.74) is -0.369. The molecular weight excluding hydrogens is 448 g/mol. The van der Waals surface area contributed by atoms with Crippen molar-refractivity contribution in [3.05, 3.63) is 71.8 Å². The van der Waals surface area contributed by atoms with Crippen molar-refractivity contribution in [3.8, 4) is 0 Å². The molecule has 2 aliphatic rings. The summed E-state index contributed by atoms with van der Waals surface area (Å²) in [6.07, 6.45) is 2.04. The average Bonchev–Trinajstić information content (AvgIpc) is 2.93. The fraction of sp³-hybridized carbons (Fsp3) is 0.500. The predicted octanol–water partition coefficient (Wildman–Crippen LogP) is 3.67. The second-order valence-electron chi connectivity index (χ2n) is 9.29. The van der Waals surface area contributed by atoms with Gasteiger partial charge >= 0.3 is 11.9 Å². The Balaban J connectivity index is 1.61. The third kappa shape index (κ3) is 6.28. The number of carbonyl (C=O) groups excluding carboxylic acids is 2. The largest absolute Gasteiger partial charge is 0.460 e. The molecule has 188 valence electrons. The molecule has 0 spiro atoms. The predicted molar refractivity (Wildman–Crippen MR) is 128 cm³/mol. The normalized spacial score (nSPS) is 19.9. The van der Waals surface area contributed by atoms with E-state index in [4.69, 9.17) is 18.9 Å². The maximum Gasteiger partial charge on any atom is 0.339 e. The van der Waals surface area contributed by atoms with Crippen molar-refractivity contribution in [2.45, 2.75) is 44.5 Å². The highest BCUT2D eigenvalue weighted by Crippen LogP contribution is 2.42. The molecule has 1 N–H and O–H groups in total. The number of ether oxygens (including phenoxy) is 4. The maximum absolute atomic E-state index is 13.6. The summed E-state index contributed by atoms with van der Waals surface area (Å²) in [5.74, 6) is -3.14. The van der Waals surface area contributed by atoms with Gasteiger partial charge in [-0.3, -0.25) is 4.79 Å². The van der Waals surface area contributed by atoms with Crippen molar-refractivity contribution in [1.82, 2.24) is 0 Å². The minimum Gasteiger partial charge on any atom is -0.460 e. The van der Waals surface area contributed by atoms with Gasteiger partial charge in [-0.1, -0.05) is 60.7 Å². The van der Waals surface area contributed by atoms with E-state index in [9.17, 15) is 14.7 Å². The summed E-state index contributed by atoms with van der Waals surface area (Å²) in [4.78, 5) is 27.3. The number of hydrogen-bond donors (Lipinski definition) is 1. The van der Waals surface area contributed by atoms with Gasteiger partial charge in [0.1, 0.15) is 13.2 Å². The molecule has 2 fully saturated rings. The second-order valence-corrected chi connectivity index (χ2v) is 9.29. The molecule has 2 atom stereocenters. The smallest absolute Gasteiger partial charge is 0.339 e. The number of aliphatic hydroxyl groups is 1. The van der Waals surface area contributed by atoms with Crippen molar-refractivity contribution in [2.75, 3.05) is 26.4 Å². The summed E-state index contributed by atoms with van der Waals surface area (Å²) in [5, 5.41) is 12.2. The van der Waals surface area contributed by atoms with Crippen molar-refractivity contribution in [1.29, 1.82) is 0 Å². The van der Waals surface area contributed by atoms with E-state index in [1.165, 1.54) is 0 Å². The van der Waals surface area contributed by atoms with Crippen molar-refractivity contribution >= 4 is 11.9 Å². The first-order valence-corrected chi connectivity index (χ1v) is 12.4. The molecule has 2 aromatic rings. The summed E-state index contributed by atoms with van der Waals surface area (Å²) < 4.78 is 22.4. The van der Waals surface area contributed by atoms with Crippen LogP contribution in [0.5, 0.6) is 0 Å². The number of hydrogen-bond acceptors (Lipinski definition) is 7. The maximum atomic E-state index is 13.6. The van der Waals surface area contributed by atoms with E-state index >= 15 is 0 Å². The average molecular weight is 483 g/mol. The van der Waals surface area contributed by atoms with E-state index in [0.717, 1.165) is 11.1 Å². The molecule has 2 heterocycles. The molecule has 0 radical (unpaired) electrons. The van der Waals surface area contributed by atoms with Crippen molar-refractivity contribution in [3.63, 3.8) is 0 Å². The quantitative estimate of drug-likeness (QED) is 0.545. The Morgan fingerprint density at radius 2 is 1.29 bits per heavy atom. The molecule has 35 heavy (non-hydrogen) atoms. The second kappa shape index (κ2) is 12.3. The van der Waals surface area contributed by atoms with Gasteiger partial charge < -0.3 is 24.1 Å². The van der Waals surface area contributed by atoms with Crippen LogP contribution in [0, 0.1) is 17.8 Å². The summed E-state index contributed by atoms with van der Waals surface area (Å²) in [6.45, 7) is 1.86. The highest BCUT2D eigenvalue weighted by atomic mass is 16.6. The zero-order chi connectivity index (χ0) is 24.5. The lowest BCUT2D eigenvalue weighted by molar-refractivity contribution is -0.202. The van der Waals surface area contributed by atoms with Crippen molar-refractivity contribution < 1.29 is 33.6 Å². The van der Waals surface area contributed by atoms with Gasteiger partial charge in [0.25, 0.3) is 0 Å². The fourth-order valence-electron chi connectivity index (χ4n) is 5.12. The Hall–Kier alpha value is -2.74. The van der Waals surface area contributed by atoms with Gasteiger partial charge in [-0.25, -0.2) is 4.79 Å². The van der Waals surface area contributed by atoms with Crippen LogP contribution in [-0.4, -0.2) is 49.1 Å². The van der Waals surface area contributed by atoms with Crippen LogP contribution >= 0.6 is 0 Å². The zero-order valence-electron chi connectivity index (χ0n) is 20.0. The molecule has 2 aromatic carbocycles. The first-order valence-electron chi connectivity index (χ1n) is 12.4. The van der Waals surface area contributed by atoms with Crippen LogP contribution in [0.2, 0.25) is 0 Å². The van der Waals surface area contributed by atoms with E-state index in [0.29, 0.717) is 52.1 Å². The Bertz CT molecular complexity index is 936. The van der Waals surface area contributed by atoms with Crippen LogP contribution in [0.4, 0.5) is 0 Å². The minimum atomic E-state index is -2.02. The topological polar surface area (TPSA) is 91.3 Å². The van der Waals surface area contributed by atoms with E-state index in [2.05, 4.69) is 0 Å². The molecule has 2 unspecified atom stereocenters. The number of esters is 2. The zero-order valence-corrected chi connectivity index (χ0v) is 20.0. The van der Waals surface area contributed by atoms with E-state index < -0.39 is 29.4 Å². The van der Waals surface area contributed by atoms with Crippen LogP contribution in [-0.2, 0) is 41.8 Å². The third-order valence-corrected chi connectivity index (χ3v) is 7.07. The molecule has 0 aliphatic carbocycles. The van der Waals surface area contributed by atoms with Gasteiger partial charge in [0.15, 0.2) is 5.60 Å². The van der Waals surface area contributed by atoms with Gasteiger partial charge in [0.05, 0.1) is 5.92 Å². The highest BCUT2D eigenvalue weighted by Gasteiger charge is 2.58. The lowest BCUT2D eigenvalue weighted by Crippen LogP contribution is -2.59. The molecule has 7 heteroatoms. The molecule has 0 amide bonds. The van der Waals surface area contributed by atoms with E-state index in [1.807, 2.05) is 60.7 Å². The summed E-state index contributed by atoms with van der Waals surface area (Å²) in [7, 11) is 0. The van der Waals surface area contributed by atoms with E-state index in [-0.39, 0.29) is 19.1 Å². The molecule has 2 aliphatic heterocycles.